The standard InChI is InChI=1S/C19H20N4O2S2/c1-2-23-18(16-8-5-11-26-16)21-22-19(23)27-12-17(24)20-14-9-10-25-15-7-4-3-6-13(14)15/h3-8,11,14H,2,9-10,12H2,1H3,(H,20,24). The van der Waals surface area contributed by atoms with Gasteiger partial charge in [0, 0.05) is 18.5 Å². The van der Waals surface area contributed by atoms with E-state index in [1.165, 1.54) is 11.8 Å². The number of para-hydroxylation sites is 1. The second-order valence-corrected chi connectivity index (χ2v) is 8.00. The molecule has 0 bridgehead atoms. The van der Waals surface area contributed by atoms with Gasteiger partial charge >= 0.3 is 0 Å². The molecule has 4 rings (SSSR count). The van der Waals surface area contributed by atoms with E-state index in [0.29, 0.717) is 12.4 Å². The summed E-state index contributed by atoms with van der Waals surface area (Å²) >= 11 is 3.05. The van der Waals surface area contributed by atoms with Crippen molar-refractivity contribution in [1.29, 1.82) is 0 Å². The summed E-state index contributed by atoms with van der Waals surface area (Å²) in [5.74, 6) is 2.01. The summed E-state index contributed by atoms with van der Waals surface area (Å²) in [6, 6.07) is 11.9. The van der Waals surface area contributed by atoms with Gasteiger partial charge in [0.05, 0.1) is 23.3 Å². The first kappa shape index (κ1) is 18.1. The van der Waals surface area contributed by atoms with Crippen LogP contribution >= 0.6 is 23.1 Å². The van der Waals surface area contributed by atoms with Crippen molar-refractivity contribution in [2.24, 2.45) is 0 Å². The number of ether oxygens (including phenoxy) is 1. The van der Waals surface area contributed by atoms with E-state index in [4.69, 9.17) is 4.74 Å². The van der Waals surface area contributed by atoms with Crippen LogP contribution in [0.2, 0.25) is 0 Å². The van der Waals surface area contributed by atoms with Crippen LogP contribution in [-0.2, 0) is 11.3 Å². The Hall–Kier alpha value is -2.32. The Labute approximate surface area is 166 Å². The molecule has 2 aromatic heterocycles. The van der Waals surface area contributed by atoms with Crippen LogP contribution in [0.1, 0.15) is 24.9 Å². The van der Waals surface area contributed by atoms with Gasteiger partial charge in [0.25, 0.3) is 0 Å². The van der Waals surface area contributed by atoms with E-state index >= 15 is 0 Å². The highest BCUT2D eigenvalue weighted by atomic mass is 32.2. The van der Waals surface area contributed by atoms with Gasteiger partial charge in [-0.25, -0.2) is 0 Å². The lowest BCUT2D eigenvalue weighted by atomic mass is 10.0. The van der Waals surface area contributed by atoms with Crippen molar-refractivity contribution < 1.29 is 9.53 Å². The number of thiophene rings is 1. The van der Waals surface area contributed by atoms with Gasteiger partial charge in [0.15, 0.2) is 11.0 Å². The van der Waals surface area contributed by atoms with E-state index in [1.807, 2.05) is 46.3 Å². The van der Waals surface area contributed by atoms with Crippen molar-refractivity contribution in [1.82, 2.24) is 20.1 Å². The molecule has 1 aliphatic rings. The highest BCUT2D eigenvalue weighted by Crippen LogP contribution is 2.32. The fourth-order valence-corrected chi connectivity index (χ4v) is 4.66. The number of hydrogen-bond acceptors (Lipinski definition) is 6. The largest absolute Gasteiger partial charge is 0.493 e. The topological polar surface area (TPSA) is 69.0 Å². The third-order valence-electron chi connectivity index (χ3n) is 4.40. The Balaban J connectivity index is 1.41. The molecule has 3 heterocycles. The van der Waals surface area contributed by atoms with Crippen LogP contribution in [0.15, 0.2) is 46.9 Å². The summed E-state index contributed by atoms with van der Waals surface area (Å²) in [7, 11) is 0. The molecule has 0 saturated heterocycles. The fraction of sp³-hybridized carbons (Fsp3) is 0.316. The van der Waals surface area contributed by atoms with E-state index in [2.05, 4.69) is 22.4 Å². The first-order chi connectivity index (χ1) is 13.3. The summed E-state index contributed by atoms with van der Waals surface area (Å²) < 4.78 is 7.70. The zero-order chi connectivity index (χ0) is 18.6. The van der Waals surface area contributed by atoms with Crippen molar-refractivity contribution in [2.75, 3.05) is 12.4 Å². The maximum atomic E-state index is 12.5. The number of nitrogens with zero attached hydrogens (tertiary/aromatic N) is 3. The number of hydrogen-bond donors (Lipinski definition) is 1. The van der Waals surface area contributed by atoms with Crippen LogP contribution in [0.4, 0.5) is 0 Å². The Kier molecular flexibility index (Phi) is 5.45. The first-order valence-corrected chi connectivity index (χ1v) is 10.7. The number of benzene rings is 1. The van der Waals surface area contributed by atoms with Crippen LogP contribution in [0.25, 0.3) is 10.7 Å². The lowest BCUT2D eigenvalue weighted by Gasteiger charge is -2.26. The number of carbonyl (C=O) groups excluding carboxylic acids is 1. The van der Waals surface area contributed by atoms with Gasteiger partial charge in [-0.15, -0.1) is 21.5 Å². The highest BCUT2D eigenvalue weighted by molar-refractivity contribution is 7.99. The zero-order valence-corrected chi connectivity index (χ0v) is 16.6. The SMILES string of the molecule is CCn1c(SCC(=O)NC2CCOc3ccccc32)nnc1-c1cccs1. The predicted octanol–water partition coefficient (Wildman–Crippen LogP) is 3.76. The van der Waals surface area contributed by atoms with Crippen molar-refractivity contribution in [3.05, 3.63) is 47.3 Å². The normalized spacial score (nSPS) is 15.8. The van der Waals surface area contributed by atoms with Crippen molar-refractivity contribution in [3.8, 4) is 16.5 Å². The van der Waals surface area contributed by atoms with E-state index < -0.39 is 0 Å². The molecule has 1 amide bonds. The molecule has 1 unspecified atom stereocenters. The minimum absolute atomic E-state index is 0.00576. The number of thioether (sulfide) groups is 1. The number of fused-ring (bicyclic) bond motifs is 1. The maximum Gasteiger partial charge on any atom is 0.230 e. The molecular weight excluding hydrogens is 380 g/mol. The van der Waals surface area contributed by atoms with Crippen LogP contribution in [-0.4, -0.2) is 33.0 Å². The first-order valence-electron chi connectivity index (χ1n) is 8.87. The molecule has 0 saturated carbocycles. The third kappa shape index (κ3) is 3.86. The molecule has 1 aliphatic heterocycles. The average Bonchev–Trinajstić information content (AvgIpc) is 3.36. The van der Waals surface area contributed by atoms with Gasteiger partial charge < -0.3 is 14.6 Å². The molecule has 1 atom stereocenters. The molecule has 0 spiro atoms. The summed E-state index contributed by atoms with van der Waals surface area (Å²) in [5, 5.41) is 14.5. The number of carbonyl (C=O) groups is 1. The van der Waals surface area contributed by atoms with Crippen molar-refractivity contribution >= 4 is 29.0 Å². The van der Waals surface area contributed by atoms with Gasteiger partial charge in [-0.3, -0.25) is 4.79 Å². The second-order valence-electron chi connectivity index (χ2n) is 6.11. The highest BCUT2D eigenvalue weighted by Gasteiger charge is 2.23. The smallest absolute Gasteiger partial charge is 0.230 e. The van der Waals surface area contributed by atoms with E-state index in [0.717, 1.165) is 40.1 Å². The number of aromatic nitrogens is 3. The maximum absolute atomic E-state index is 12.5. The molecule has 8 heteroatoms. The van der Waals surface area contributed by atoms with Gasteiger partial charge in [-0.2, -0.15) is 0 Å². The lowest BCUT2D eigenvalue weighted by Crippen LogP contribution is -2.33. The zero-order valence-electron chi connectivity index (χ0n) is 14.9. The van der Waals surface area contributed by atoms with Gasteiger partial charge in [0.2, 0.25) is 5.91 Å². The molecule has 1 N–H and O–H groups in total. The minimum atomic E-state index is -0.00923. The Bertz CT molecular complexity index is 924. The van der Waals surface area contributed by atoms with E-state index in [9.17, 15) is 4.79 Å². The molecule has 0 aliphatic carbocycles. The fourth-order valence-electron chi connectivity index (χ4n) is 3.13. The Morgan fingerprint density at radius 1 is 1.33 bits per heavy atom. The second kappa shape index (κ2) is 8.14. The summed E-state index contributed by atoms with van der Waals surface area (Å²) in [6.45, 7) is 3.44. The molecule has 0 radical (unpaired) electrons. The van der Waals surface area contributed by atoms with Crippen LogP contribution in [0, 0.1) is 0 Å². The summed E-state index contributed by atoms with van der Waals surface area (Å²) in [5.41, 5.74) is 1.04. The van der Waals surface area contributed by atoms with Gasteiger partial charge in [-0.05, 0) is 24.4 Å². The lowest BCUT2D eigenvalue weighted by molar-refractivity contribution is -0.119. The van der Waals surface area contributed by atoms with Crippen LogP contribution < -0.4 is 10.1 Å². The van der Waals surface area contributed by atoms with Gasteiger partial charge in [0.1, 0.15) is 5.75 Å². The molecule has 1 aromatic carbocycles. The molecule has 27 heavy (non-hydrogen) atoms. The predicted molar refractivity (Wildman–Crippen MR) is 107 cm³/mol. The van der Waals surface area contributed by atoms with Crippen molar-refractivity contribution in [2.45, 2.75) is 31.1 Å². The Morgan fingerprint density at radius 2 is 2.22 bits per heavy atom. The molecule has 3 aromatic rings. The average molecular weight is 401 g/mol. The Morgan fingerprint density at radius 3 is 3.04 bits per heavy atom. The number of amides is 1. The molecule has 140 valence electrons. The number of nitrogens with one attached hydrogen (secondary N) is 1. The quantitative estimate of drug-likeness (QED) is 0.638. The summed E-state index contributed by atoms with van der Waals surface area (Å²) in [4.78, 5) is 13.6. The monoisotopic (exact) mass is 400 g/mol. The molecular formula is C19H20N4O2S2. The van der Waals surface area contributed by atoms with E-state index in [-0.39, 0.29) is 11.9 Å². The third-order valence-corrected chi connectivity index (χ3v) is 6.23. The van der Waals surface area contributed by atoms with E-state index in [1.54, 1.807) is 11.3 Å². The molecule has 6 nitrogen and oxygen atoms in total. The van der Waals surface area contributed by atoms with Crippen LogP contribution in [0.5, 0.6) is 5.75 Å². The number of rotatable bonds is 6. The van der Waals surface area contributed by atoms with Gasteiger partial charge in [-0.1, -0.05) is 36.0 Å². The minimum Gasteiger partial charge on any atom is -0.493 e. The van der Waals surface area contributed by atoms with Crippen LogP contribution in [0.3, 0.4) is 0 Å². The molecule has 0 fully saturated rings. The summed E-state index contributed by atoms with van der Waals surface area (Å²) in [6.07, 6.45) is 0.779. The van der Waals surface area contributed by atoms with Crippen molar-refractivity contribution in [3.63, 3.8) is 0 Å².